The molecule has 0 saturated carbocycles. The Hall–Kier alpha value is -3.15. The molecule has 1 atom stereocenters. The van der Waals surface area contributed by atoms with Crippen LogP contribution >= 0.6 is 0 Å². The molecule has 33 heavy (non-hydrogen) atoms. The maximum Gasteiger partial charge on any atom is 0.305 e. The second-order valence-corrected chi connectivity index (χ2v) is 7.90. The maximum absolute atomic E-state index is 14.7. The van der Waals surface area contributed by atoms with Crippen LogP contribution in [0.5, 0.6) is 11.5 Å². The Morgan fingerprint density at radius 1 is 1.12 bits per heavy atom. The van der Waals surface area contributed by atoms with Gasteiger partial charge in [-0.15, -0.1) is 0 Å². The van der Waals surface area contributed by atoms with E-state index in [0.29, 0.717) is 35.8 Å². The molecule has 0 aliphatic heterocycles. The second-order valence-electron chi connectivity index (χ2n) is 7.90. The molecule has 0 fully saturated rings. The summed E-state index contributed by atoms with van der Waals surface area (Å²) in [6, 6.07) is 8.37. The number of carbonyl (C=O) groups is 2. The van der Waals surface area contributed by atoms with Gasteiger partial charge in [-0.05, 0) is 55.0 Å². The van der Waals surface area contributed by atoms with Crippen LogP contribution in [0.25, 0.3) is 11.1 Å². The van der Waals surface area contributed by atoms with Crippen LogP contribution in [0.2, 0.25) is 0 Å². The minimum Gasteiger partial charge on any atom is -0.496 e. The molecule has 0 aromatic heterocycles. The van der Waals surface area contributed by atoms with Gasteiger partial charge in [-0.2, -0.15) is 0 Å². The van der Waals surface area contributed by atoms with Gasteiger partial charge in [0.25, 0.3) is 0 Å². The van der Waals surface area contributed by atoms with E-state index in [2.05, 4.69) is 20.4 Å². The average Bonchev–Trinajstić information content (AvgIpc) is 2.82. The molecule has 0 bridgehead atoms. The standard InChI is InChI=1S/C27H33FO5/c1-6-18(4)14-20-15-19(24(29)7-2)11-12-21(20)22-16-26(23(28)17-25(22)31-5)33-13-9-10-27(30)32-8-3/h7,11-12,15-18H,2,6,8-10,13-14H2,1,3-5H3. The Bertz CT molecular complexity index is 983. The zero-order chi connectivity index (χ0) is 24.4. The monoisotopic (exact) mass is 456 g/mol. The largest absolute Gasteiger partial charge is 0.496 e. The molecule has 1 unspecified atom stereocenters. The van der Waals surface area contributed by atoms with Gasteiger partial charge in [-0.3, -0.25) is 9.59 Å². The molecule has 0 heterocycles. The van der Waals surface area contributed by atoms with E-state index in [1.165, 1.54) is 19.3 Å². The van der Waals surface area contributed by atoms with Crippen LogP contribution in [0, 0.1) is 11.7 Å². The van der Waals surface area contributed by atoms with E-state index in [1.807, 2.05) is 12.1 Å². The Balaban J connectivity index is 2.40. The minimum atomic E-state index is -0.548. The third-order valence-electron chi connectivity index (χ3n) is 5.47. The van der Waals surface area contributed by atoms with Crippen molar-refractivity contribution in [1.29, 1.82) is 0 Å². The fraction of sp³-hybridized carbons (Fsp3) is 0.407. The lowest BCUT2D eigenvalue weighted by atomic mass is 9.89. The normalized spacial score (nSPS) is 11.5. The molecule has 0 aliphatic carbocycles. The maximum atomic E-state index is 14.7. The quantitative estimate of drug-likeness (QED) is 0.156. The number of ether oxygens (including phenoxy) is 3. The fourth-order valence-electron chi connectivity index (χ4n) is 3.47. The van der Waals surface area contributed by atoms with E-state index in [0.717, 1.165) is 24.0 Å². The third-order valence-corrected chi connectivity index (χ3v) is 5.47. The van der Waals surface area contributed by atoms with Crippen molar-refractivity contribution >= 4 is 11.8 Å². The van der Waals surface area contributed by atoms with E-state index >= 15 is 0 Å². The number of esters is 1. The molecule has 2 rings (SSSR count). The summed E-state index contributed by atoms with van der Waals surface area (Å²) < 4.78 is 30.7. The summed E-state index contributed by atoms with van der Waals surface area (Å²) in [5, 5.41) is 0. The molecule has 6 heteroatoms. The molecule has 5 nitrogen and oxygen atoms in total. The van der Waals surface area contributed by atoms with Gasteiger partial charge in [0.2, 0.25) is 0 Å². The van der Waals surface area contributed by atoms with E-state index < -0.39 is 5.82 Å². The molecule has 0 N–H and O–H groups in total. The van der Waals surface area contributed by atoms with E-state index in [9.17, 15) is 14.0 Å². The van der Waals surface area contributed by atoms with Gasteiger partial charge in [-0.25, -0.2) is 4.39 Å². The van der Waals surface area contributed by atoms with Crippen molar-refractivity contribution in [3.8, 4) is 22.6 Å². The molecule has 0 spiro atoms. The number of carbonyl (C=O) groups excluding carboxylic acids is 2. The minimum absolute atomic E-state index is 0.0791. The number of rotatable bonds is 13. The summed E-state index contributed by atoms with van der Waals surface area (Å²) in [7, 11) is 1.49. The van der Waals surface area contributed by atoms with Gasteiger partial charge in [-0.1, -0.05) is 39.0 Å². The van der Waals surface area contributed by atoms with Crippen LogP contribution in [-0.4, -0.2) is 32.1 Å². The molecule has 0 aliphatic rings. The number of hydrogen-bond acceptors (Lipinski definition) is 5. The number of allylic oxidation sites excluding steroid dienone is 1. The van der Waals surface area contributed by atoms with Crippen molar-refractivity contribution in [3.05, 3.63) is 59.9 Å². The molecule has 2 aromatic rings. The lowest BCUT2D eigenvalue weighted by molar-refractivity contribution is -0.143. The van der Waals surface area contributed by atoms with Crippen molar-refractivity contribution < 1.29 is 28.2 Å². The molecular formula is C27H33FO5. The van der Waals surface area contributed by atoms with Crippen molar-refractivity contribution in [2.45, 2.75) is 46.5 Å². The SMILES string of the molecule is C=CC(=O)c1ccc(-c2cc(OCCCC(=O)OCC)c(F)cc2OC)c(CC(C)CC)c1. The molecule has 0 radical (unpaired) electrons. The van der Waals surface area contributed by atoms with Crippen LogP contribution in [-0.2, 0) is 16.0 Å². The predicted octanol–water partition coefficient (Wildman–Crippen LogP) is 6.18. The van der Waals surface area contributed by atoms with Gasteiger partial charge in [0.15, 0.2) is 17.3 Å². The summed E-state index contributed by atoms with van der Waals surface area (Å²) >= 11 is 0. The second kappa shape index (κ2) is 12.8. The Labute approximate surface area is 195 Å². The van der Waals surface area contributed by atoms with E-state index in [4.69, 9.17) is 14.2 Å². The van der Waals surface area contributed by atoms with Gasteiger partial charge < -0.3 is 14.2 Å². The van der Waals surface area contributed by atoms with Crippen molar-refractivity contribution in [3.63, 3.8) is 0 Å². The van der Waals surface area contributed by atoms with Crippen molar-refractivity contribution in [2.24, 2.45) is 5.92 Å². The van der Waals surface area contributed by atoms with Crippen LogP contribution in [0.4, 0.5) is 4.39 Å². The topological polar surface area (TPSA) is 61.8 Å². The number of benzene rings is 2. The highest BCUT2D eigenvalue weighted by Crippen LogP contribution is 2.38. The zero-order valence-electron chi connectivity index (χ0n) is 19.9. The first-order chi connectivity index (χ1) is 15.8. The first kappa shape index (κ1) is 26.1. The smallest absolute Gasteiger partial charge is 0.305 e. The van der Waals surface area contributed by atoms with Gasteiger partial charge in [0.1, 0.15) is 5.75 Å². The first-order valence-electron chi connectivity index (χ1n) is 11.3. The van der Waals surface area contributed by atoms with Gasteiger partial charge in [0, 0.05) is 23.6 Å². The molecular weight excluding hydrogens is 423 g/mol. The summed E-state index contributed by atoms with van der Waals surface area (Å²) in [4.78, 5) is 23.7. The highest BCUT2D eigenvalue weighted by molar-refractivity contribution is 6.04. The zero-order valence-corrected chi connectivity index (χ0v) is 19.9. The fourth-order valence-corrected chi connectivity index (χ4v) is 3.47. The highest BCUT2D eigenvalue weighted by atomic mass is 19.1. The van der Waals surface area contributed by atoms with E-state index in [-0.39, 0.29) is 30.5 Å². The molecule has 0 saturated heterocycles. The van der Waals surface area contributed by atoms with Crippen LogP contribution in [0.15, 0.2) is 43.0 Å². The summed E-state index contributed by atoms with van der Waals surface area (Å²) in [6.45, 7) is 10.1. The van der Waals surface area contributed by atoms with E-state index in [1.54, 1.807) is 19.1 Å². The van der Waals surface area contributed by atoms with Crippen LogP contribution < -0.4 is 9.47 Å². The molecule has 2 aromatic carbocycles. The predicted molar refractivity (Wildman–Crippen MR) is 127 cm³/mol. The number of methoxy groups -OCH3 is 1. The van der Waals surface area contributed by atoms with Crippen molar-refractivity contribution in [2.75, 3.05) is 20.3 Å². The third kappa shape index (κ3) is 7.17. The Kier molecular flexibility index (Phi) is 10.1. The van der Waals surface area contributed by atoms with Crippen molar-refractivity contribution in [1.82, 2.24) is 0 Å². The number of hydrogen-bond donors (Lipinski definition) is 0. The summed E-state index contributed by atoms with van der Waals surface area (Å²) in [6.07, 6.45) is 3.64. The number of ketones is 1. The summed E-state index contributed by atoms with van der Waals surface area (Å²) in [5.41, 5.74) is 3.05. The van der Waals surface area contributed by atoms with Crippen LogP contribution in [0.1, 0.15) is 56.0 Å². The molecule has 0 amide bonds. The van der Waals surface area contributed by atoms with Gasteiger partial charge >= 0.3 is 5.97 Å². The highest BCUT2D eigenvalue weighted by Gasteiger charge is 2.18. The van der Waals surface area contributed by atoms with Gasteiger partial charge in [0.05, 0.1) is 20.3 Å². The van der Waals surface area contributed by atoms with Crippen LogP contribution in [0.3, 0.4) is 0 Å². The number of halogens is 1. The first-order valence-corrected chi connectivity index (χ1v) is 11.3. The molecule has 178 valence electrons. The Morgan fingerprint density at radius 2 is 1.88 bits per heavy atom. The lowest BCUT2D eigenvalue weighted by Crippen LogP contribution is -2.07. The Morgan fingerprint density at radius 3 is 2.52 bits per heavy atom. The lowest BCUT2D eigenvalue weighted by Gasteiger charge is -2.18. The average molecular weight is 457 g/mol. The summed E-state index contributed by atoms with van der Waals surface area (Å²) in [5.74, 6) is -0.156.